The van der Waals surface area contributed by atoms with E-state index in [0.717, 1.165) is 18.9 Å². The molecule has 0 saturated carbocycles. The summed E-state index contributed by atoms with van der Waals surface area (Å²) < 4.78 is 55.6. The topological polar surface area (TPSA) is 46.5 Å². The van der Waals surface area contributed by atoms with Gasteiger partial charge in [-0.25, -0.2) is 0 Å². The van der Waals surface area contributed by atoms with Gasteiger partial charge < -0.3 is 9.84 Å². The Kier molecular flexibility index (Phi) is 3.76. The monoisotopic (exact) mass is 334 g/mol. The van der Waals surface area contributed by atoms with Crippen LogP contribution in [0.1, 0.15) is 36.8 Å². The number of methoxy groups -OCH3 is 1. The first-order valence-electron chi connectivity index (χ1n) is 7.12. The molecule has 1 aromatic carbocycles. The lowest BCUT2D eigenvalue weighted by atomic mass is 9.85. The first kappa shape index (κ1) is 15.8. The summed E-state index contributed by atoms with van der Waals surface area (Å²) in [7, 11) is 0.243. The molecule has 2 aliphatic rings. The molecular formula is C15H17F3O3S. The van der Waals surface area contributed by atoms with E-state index in [-0.39, 0.29) is 16.2 Å². The van der Waals surface area contributed by atoms with E-state index in [2.05, 4.69) is 0 Å². The van der Waals surface area contributed by atoms with E-state index in [4.69, 9.17) is 4.74 Å². The molecule has 0 aliphatic carbocycles. The van der Waals surface area contributed by atoms with Crippen molar-refractivity contribution < 1.29 is 27.2 Å². The Balaban J connectivity index is 1.97. The zero-order chi connectivity index (χ0) is 16.1. The van der Waals surface area contributed by atoms with Crippen LogP contribution in [0, 0.1) is 0 Å². The van der Waals surface area contributed by atoms with E-state index in [0.29, 0.717) is 18.4 Å². The van der Waals surface area contributed by atoms with Gasteiger partial charge in [-0.15, -0.1) is 0 Å². The fourth-order valence-electron chi connectivity index (χ4n) is 3.53. The van der Waals surface area contributed by atoms with Gasteiger partial charge in [-0.2, -0.15) is 13.2 Å². The third-order valence-corrected chi connectivity index (χ3v) is 6.76. The van der Waals surface area contributed by atoms with Gasteiger partial charge in [-0.3, -0.25) is 4.21 Å². The lowest BCUT2D eigenvalue weighted by molar-refractivity contribution is -0.138. The molecule has 7 heteroatoms. The van der Waals surface area contributed by atoms with Crippen molar-refractivity contribution in [3.63, 3.8) is 0 Å². The lowest BCUT2D eigenvalue weighted by Crippen LogP contribution is -2.40. The molecule has 2 bridgehead atoms. The van der Waals surface area contributed by atoms with Gasteiger partial charge >= 0.3 is 6.18 Å². The SMILES string of the molecule is COc1cc(C2(O)CC3CCC(C2)S3=O)ccc1C(F)(F)F. The zero-order valence-electron chi connectivity index (χ0n) is 12.0. The number of fused-ring (bicyclic) bond motifs is 2. The summed E-state index contributed by atoms with van der Waals surface area (Å²) in [6.07, 6.45) is -2.25. The van der Waals surface area contributed by atoms with Crippen molar-refractivity contribution >= 4 is 10.8 Å². The molecule has 2 unspecified atom stereocenters. The van der Waals surface area contributed by atoms with Crippen molar-refractivity contribution in [3.05, 3.63) is 29.3 Å². The molecule has 1 aromatic rings. The van der Waals surface area contributed by atoms with Gasteiger partial charge in [0.1, 0.15) is 5.75 Å². The van der Waals surface area contributed by atoms with Crippen LogP contribution in [0.3, 0.4) is 0 Å². The summed E-state index contributed by atoms with van der Waals surface area (Å²) in [5, 5.41) is 10.7. The van der Waals surface area contributed by atoms with Gasteiger partial charge in [0.2, 0.25) is 0 Å². The van der Waals surface area contributed by atoms with Crippen molar-refractivity contribution in [2.24, 2.45) is 0 Å². The van der Waals surface area contributed by atoms with Crippen molar-refractivity contribution in [3.8, 4) is 5.75 Å². The predicted molar refractivity (Wildman–Crippen MR) is 76.1 cm³/mol. The van der Waals surface area contributed by atoms with Crippen LogP contribution in [-0.4, -0.2) is 26.9 Å². The Morgan fingerprint density at radius 3 is 2.36 bits per heavy atom. The van der Waals surface area contributed by atoms with Gasteiger partial charge in [0.05, 0.1) is 18.3 Å². The Morgan fingerprint density at radius 1 is 1.27 bits per heavy atom. The maximum absolute atomic E-state index is 12.9. The molecule has 0 aromatic heterocycles. The summed E-state index contributed by atoms with van der Waals surface area (Å²) in [5.41, 5.74) is -1.67. The number of aliphatic hydroxyl groups is 1. The Labute approximate surface area is 128 Å². The average Bonchev–Trinajstić information content (AvgIpc) is 2.69. The second kappa shape index (κ2) is 5.23. The molecule has 2 atom stereocenters. The molecule has 3 rings (SSSR count). The fourth-order valence-corrected chi connectivity index (χ4v) is 5.69. The fraction of sp³-hybridized carbons (Fsp3) is 0.600. The second-order valence-corrected chi connectivity index (χ2v) is 7.99. The second-order valence-electron chi connectivity index (χ2n) is 6.00. The zero-order valence-corrected chi connectivity index (χ0v) is 12.8. The number of ether oxygens (including phenoxy) is 1. The first-order valence-corrected chi connectivity index (χ1v) is 8.40. The Bertz CT molecular complexity index is 599. The van der Waals surface area contributed by atoms with Crippen LogP contribution in [0.25, 0.3) is 0 Å². The minimum absolute atomic E-state index is 0.0722. The molecule has 2 aliphatic heterocycles. The molecule has 0 spiro atoms. The summed E-state index contributed by atoms with van der Waals surface area (Å²) in [6, 6.07) is 3.51. The summed E-state index contributed by atoms with van der Waals surface area (Å²) in [6.45, 7) is 0. The van der Waals surface area contributed by atoms with E-state index in [1.807, 2.05) is 0 Å². The molecule has 1 N–H and O–H groups in total. The van der Waals surface area contributed by atoms with Gasteiger partial charge in [0, 0.05) is 21.3 Å². The minimum atomic E-state index is -4.50. The molecule has 0 radical (unpaired) electrons. The predicted octanol–water partition coefficient (Wildman–Crippen LogP) is 2.98. The highest BCUT2D eigenvalue weighted by Gasteiger charge is 2.48. The van der Waals surface area contributed by atoms with Gasteiger partial charge in [0.25, 0.3) is 0 Å². The van der Waals surface area contributed by atoms with E-state index >= 15 is 0 Å². The Hall–Kier alpha value is -1.08. The van der Waals surface area contributed by atoms with E-state index in [1.54, 1.807) is 0 Å². The third-order valence-electron chi connectivity index (χ3n) is 4.64. The van der Waals surface area contributed by atoms with Crippen LogP contribution in [0.5, 0.6) is 5.75 Å². The van der Waals surface area contributed by atoms with Crippen molar-refractivity contribution in [1.29, 1.82) is 0 Å². The van der Waals surface area contributed by atoms with Crippen LogP contribution >= 0.6 is 0 Å². The molecule has 22 heavy (non-hydrogen) atoms. The number of rotatable bonds is 2. The van der Waals surface area contributed by atoms with Gasteiger partial charge in [-0.05, 0) is 43.4 Å². The first-order chi connectivity index (χ1) is 10.2. The minimum Gasteiger partial charge on any atom is -0.496 e. The van der Waals surface area contributed by atoms with E-state index in [9.17, 15) is 22.5 Å². The molecule has 122 valence electrons. The number of halogens is 3. The van der Waals surface area contributed by atoms with Crippen LogP contribution < -0.4 is 4.74 Å². The smallest absolute Gasteiger partial charge is 0.419 e. The highest BCUT2D eigenvalue weighted by atomic mass is 32.2. The number of benzene rings is 1. The molecular weight excluding hydrogens is 317 g/mol. The van der Waals surface area contributed by atoms with Crippen LogP contribution in [-0.2, 0) is 22.6 Å². The summed E-state index contributed by atoms with van der Waals surface area (Å²) >= 11 is 0. The summed E-state index contributed by atoms with van der Waals surface area (Å²) in [4.78, 5) is 0. The molecule has 2 saturated heterocycles. The molecule has 2 heterocycles. The number of hydrogen-bond donors (Lipinski definition) is 1. The Morgan fingerprint density at radius 2 is 1.86 bits per heavy atom. The van der Waals surface area contributed by atoms with Crippen molar-refractivity contribution in [2.45, 2.75) is 48.0 Å². The molecule has 0 amide bonds. The molecule has 2 fully saturated rings. The average molecular weight is 334 g/mol. The lowest BCUT2D eigenvalue weighted by Gasteiger charge is -2.36. The quantitative estimate of drug-likeness (QED) is 0.904. The number of hydrogen-bond acceptors (Lipinski definition) is 3. The normalized spacial score (nSPS) is 34.7. The van der Waals surface area contributed by atoms with Crippen LogP contribution in [0.15, 0.2) is 18.2 Å². The third kappa shape index (κ3) is 2.54. The van der Waals surface area contributed by atoms with Gasteiger partial charge in [-0.1, -0.05) is 6.07 Å². The number of alkyl halides is 3. The maximum atomic E-state index is 12.9. The van der Waals surface area contributed by atoms with Crippen LogP contribution in [0.4, 0.5) is 13.2 Å². The molecule has 3 nitrogen and oxygen atoms in total. The van der Waals surface area contributed by atoms with Crippen LogP contribution in [0.2, 0.25) is 0 Å². The highest BCUT2D eigenvalue weighted by Crippen LogP contribution is 2.47. The maximum Gasteiger partial charge on any atom is 0.419 e. The van der Waals surface area contributed by atoms with Gasteiger partial charge in [0.15, 0.2) is 0 Å². The standard InChI is InChI=1S/C15H17F3O3S/c1-21-13-6-9(2-5-12(13)15(16,17)18)14(19)7-10-3-4-11(8-14)22(10)20/h2,5-6,10-11,19H,3-4,7-8H2,1H3. The highest BCUT2D eigenvalue weighted by molar-refractivity contribution is 7.86. The summed E-state index contributed by atoms with van der Waals surface area (Å²) in [5.74, 6) is -0.294. The van der Waals surface area contributed by atoms with E-state index < -0.39 is 28.1 Å². The van der Waals surface area contributed by atoms with Crippen molar-refractivity contribution in [1.82, 2.24) is 0 Å². The largest absolute Gasteiger partial charge is 0.496 e. The van der Waals surface area contributed by atoms with Crippen molar-refractivity contribution in [2.75, 3.05) is 7.11 Å². The van der Waals surface area contributed by atoms with E-state index in [1.165, 1.54) is 19.2 Å².